The Morgan fingerprint density at radius 1 is 1.26 bits per heavy atom. The predicted octanol–water partition coefficient (Wildman–Crippen LogP) is 1.53. The molecule has 23 heavy (non-hydrogen) atoms. The van der Waals surface area contributed by atoms with Gasteiger partial charge in [-0.25, -0.2) is 8.42 Å². The Morgan fingerprint density at radius 2 is 1.91 bits per heavy atom. The fourth-order valence-corrected chi connectivity index (χ4v) is 4.06. The number of aliphatic hydroxyl groups is 1. The number of rotatable bonds is 6. The molecule has 2 N–H and O–H groups in total. The van der Waals surface area contributed by atoms with Gasteiger partial charge >= 0.3 is 0 Å². The van der Waals surface area contributed by atoms with Crippen LogP contribution in [0.4, 0.5) is 0 Å². The summed E-state index contributed by atoms with van der Waals surface area (Å²) in [5, 5.41) is 13.7. The molecule has 6 heteroatoms. The summed E-state index contributed by atoms with van der Waals surface area (Å²) in [5.74, 6) is 1.48. The van der Waals surface area contributed by atoms with Crippen LogP contribution in [-0.2, 0) is 14.6 Å². The van der Waals surface area contributed by atoms with Crippen LogP contribution >= 0.6 is 0 Å². The van der Waals surface area contributed by atoms with Gasteiger partial charge in [-0.1, -0.05) is 12.1 Å². The van der Waals surface area contributed by atoms with Crippen molar-refractivity contribution < 1.29 is 18.3 Å². The fourth-order valence-electron chi connectivity index (χ4n) is 3.43. The van der Waals surface area contributed by atoms with Gasteiger partial charge in [0, 0.05) is 32.1 Å². The summed E-state index contributed by atoms with van der Waals surface area (Å²) in [6.07, 6.45) is 4.06. The lowest BCUT2D eigenvalue weighted by Gasteiger charge is -2.22. The van der Waals surface area contributed by atoms with Crippen molar-refractivity contribution >= 4 is 9.84 Å². The lowest BCUT2D eigenvalue weighted by Crippen LogP contribution is -2.27. The molecule has 1 unspecified atom stereocenters. The van der Waals surface area contributed by atoms with Crippen LogP contribution in [0.15, 0.2) is 29.2 Å². The molecule has 1 aromatic carbocycles. The average molecular weight is 339 g/mol. The van der Waals surface area contributed by atoms with Gasteiger partial charge in [0.1, 0.15) is 0 Å². The second kappa shape index (κ2) is 6.89. The van der Waals surface area contributed by atoms with Crippen molar-refractivity contribution in [1.82, 2.24) is 5.32 Å². The topological polar surface area (TPSA) is 75.6 Å². The highest BCUT2D eigenvalue weighted by molar-refractivity contribution is 7.90. The maximum atomic E-state index is 11.4. The van der Waals surface area contributed by atoms with Gasteiger partial charge < -0.3 is 15.2 Å². The first kappa shape index (κ1) is 16.9. The number of nitrogens with one attached hydrogen (secondary N) is 1. The molecule has 2 fully saturated rings. The molecule has 1 aliphatic carbocycles. The number of benzene rings is 1. The minimum atomic E-state index is -3.19. The molecule has 1 aliphatic heterocycles. The van der Waals surface area contributed by atoms with Gasteiger partial charge in [-0.2, -0.15) is 0 Å². The van der Waals surface area contributed by atoms with E-state index < -0.39 is 15.9 Å². The Bertz CT molecular complexity index is 622. The molecule has 0 amide bonds. The van der Waals surface area contributed by atoms with Crippen molar-refractivity contribution in [1.29, 1.82) is 0 Å². The molecule has 0 spiro atoms. The minimum absolute atomic E-state index is 0.281. The van der Waals surface area contributed by atoms with Gasteiger partial charge in [-0.15, -0.1) is 0 Å². The van der Waals surface area contributed by atoms with Crippen molar-refractivity contribution in [2.24, 2.45) is 11.8 Å². The summed E-state index contributed by atoms with van der Waals surface area (Å²) >= 11 is 0. The van der Waals surface area contributed by atoms with Gasteiger partial charge in [0.2, 0.25) is 0 Å². The molecule has 5 nitrogen and oxygen atoms in total. The number of aliphatic hydroxyl groups excluding tert-OH is 1. The van der Waals surface area contributed by atoms with E-state index in [0.717, 1.165) is 43.5 Å². The molecule has 1 saturated heterocycles. The predicted molar refractivity (Wildman–Crippen MR) is 88.0 cm³/mol. The number of ether oxygens (including phenoxy) is 1. The molecular weight excluding hydrogens is 314 g/mol. The number of hydrogen-bond acceptors (Lipinski definition) is 5. The second-order valence-electron chi connectivity index (χ2n) is 6.72. The van der Waals surface area contributed by atoms with E-state index in [4.69, 9.17) is 4.74 Å². The molecule has 2 aliphatic rings. The number of sulfone groups is 1. The number of hydrogen-bond donors (Lipinski definition) is 2. The largest absolute Gasteiger partial charge is 0.387 e. The van der Waals surface area contributed by atoms with Gasteiger partial charge in [0.25, 0.3) is 0 Å². The summed E-state index contributed by atoms with van der Waals surface area (Å²) in [6, 6.07) is 6.98. The van der Waals surface area contributed by atoms with Crippen molar-refractivity contribution in [3.63, 3.8) is 0 Å². The lowest BCUT2D eigenvalue weighted by atomic mass is 9.94. The zero-order valence-electron chi connectivity index (χ0n) is 13.4. The van der Waals surface area contributed by atoms with Crippen LogP contribution in [0.2, 0.25) is 0 Å². The molecule has 1 saturated carbocycles. The Kier molecular flexibility index (Phi) is 5.06. The highest BCUT2D eigenvalue weighted by Crippen LogP contribution is 2.42. The van der Waals surface area contributed by atoms with Crippen molar-refractivity contribution in [2.75, 3.05) is 26.0 Å². The van der Waals surface area contributed by atoms with E-state index >= 15 is 0 Å². The molecule has 3 rings (SSSR count). The first-order chi connectivity index (χ1) is 10.9. The summed E-state index contributed by atoms with van der Waals surface area (Å²) < 4.78 is 28.3. The zero-order valence-corrected chi connectivity index (χ0v) is 14.3. The van der Waals surface area contributed by atoms with Crippen molar-refractivity contribution in [3.05, 3.63) is 29.8 Å². The van der Waals surface area contributed by atoms with Crippen LogP contribution in [0.5, 0.6) is 0 Å². The van der Waals surface area contributed by atoms with Crippen molar-refractivity contribution in [3.8, 4) is 0 Å². The first-order valence-corrected chi connectivity index (χ1v) is 10.1. The molecule has 3 atom stereocenters. The van der Waals surface area contributed by atoms with E-state index in [0.29, 0.717) is 12.6 Å². The van der Waals surface area contributed by atoms with Crippen LogP contribution in [0.3, 0.4) is 0 Å². The second-order valence-corrected chi connectivity index (χ2v) is 8.74. The standard InChI is InChI=1S/C17H25NO4S/c1-23(20,21)14-4-2-13(3-5-14)17(19)11-18-16-10-15(16)12-6-8-22-9-7-12/h2-5,12,15-19H,6-11H2,1H3/t15-,16+,17?/m0/s1. The van der Waals surface area contributed by atoms with E-state index in [2.05, 4.69) is 5.32 Å². The minimum Gasteiger partial charge on any atom is -0.387 e. The molecule has 128 valence electrons. The lowest BCUT2D eigenvalue weighted by molar-refractivity contribution is 0.0586. The van der Waals surface area contributed by atoms with E-state index in [1.54, 1.807) is 24.3 Å². The Balaban J connectivity index is 1.47. The van der Waals surface area contributed by atoms with Crippen LogP contribution in [0.1, 0.15) is 30.9 Å². The maximum absolute atomic E-state index is 11.4. The van der Waals surface area contributed by atoms with E-state index in [9.17, 15) is 13.5 Å². The third-order valence-electron chi connectivity index (χ3n) is 4.98. The van der Waals surface area contributed by atoms with Gasteiger partial charge in [-0.05, 0) is 48.8 Å². The van der Waals surface area contributed by atoms with Gasteiger partial charge in [-0.3, -0.25) is 0 Å². The summed E-state index contributed by atoms with van der Waals surface area (Å²) in [6.45, 7) is 2.26. The summed E-state index contributed by atoms with van der Waals surface area (Å²) in [5.41, 5.74) is 0.744. The van der Waals surface area contributed by atoms with E-state index in [-0.39, 0.29) is 4.90 Å². The van der Waals surface area contributed by atoms with Crippen LogP contribution in [0, 0.1) is 11.8 Å². The highest BCUT2D eigenvalue weighted by Gasteiger charge is 2.42. The van der Waals surface area contributed by atoms with E-state index in [1.807, 2.05) is 0 Å². The molecule has 0 aromatic heterocycles. The summed E-state index contributed by atoms with van der Waals surface area (Å²) in [4.78, 5) is 0.281. The van der Waals surface area contributed by atoms with Crippen LogP contribution in [0.25, 0.3) is 0 Å². The van der Waals surface area contributed by atoms with Crippen molar-refractivity contribution in [2.45, 2.75) is 36.3 Å². The molecular formula is C17H25NO4S. The third-order valence-corrected chi connectivity index (χ3v) is 6.11. The van der Waals surface area contributed by atoms with Gasteiger partial charge in [0.05, 0.1) is 11.0 Å². The van der Waals surface area contributed by atoms with Crippen LogP contribution in [-0.4, -0.2) is 45.6 Å². The quantitative estimate of drug-likeness (QED) is 0.822. The Labute approximate surface area is 138 Å². The molecule has 0 bridgehead atoms. The fraction of sp³-hybridized carbons (Fsp3) is 0.647. The Morgan fingerprint density at radius 3 is 2.52 bits per heavy atom. The normalized spacial score (nSPS) is 26.9. The maximum Gasteiger partial charge on any atom is 0.175 e. The molecule has 1 heterocycles. The average Bonchev–Trinajstić information content (AvgIpc) is 3.32. The highest BCUT2D eigenvalue weighted by atomic mass is 32.2. The monoisotopic (exact) mass is 339 g/mol. The third kappa shape index (κ3) is 4.32. The SMILES string of the molecule is CS(=O)(=O)c1ccc(C(O)CN[C@@H]2C[C@H]2C2CCOCC2)cc1. The molecule has 1 aromatic rings. The molecule has 0 radical (unpaired) electrons. The van der Waals surface area contributed by atoms with Crippen LogP contribution < -0.4 is 5.32 Å². The smallest absolute Gasteiger partial charge is 0.175 e. The van der Waals surface area contributed by atoms with Gasteiger partial charge in [0.15, 0.2) is 9.84 Å². The first-order valence-electron chi connectivity index (χ1n) is 8.24. The summed E-state index contributed by atoms with van der Waals surface area (Å²) in [7, 11) is -3.19. The zero-order chi connectivity index (χ0) is 16.4. The Hall–Kier alpha value is -0.950. The van der Waals surface area contributed by atoms with E-state index in [1.165, 1.54) is 12.7 Å².